The highest BCUT2D eigenvalue weighted by Crippen LogP contribution is 2.21. The summed E-state index contributed by atoms with van der Waals surface area (Å²) in [5.74, 6) is -0.277. The zero-order valence-electron chi connectivity index (χ0n) is 6.94. The van der Waals surface area contributed by atoms with Gasteiger partial charge in [-0.2, -0.15) is 15.8 Å². The minimum atomic E-state index is -0.138. The van der Waals surface area contributed by atoms with Crippen molar-refractivity contribution in [3.63, 3.8) is 0 Å². The van der Waals surface area contributed by atoms with Gasteiger partial charge in [0.05, 0.1) is 5.56 Å². The van der Waals surface area contributed by atoms with Crippen LogP contribution in [0, 0.1) is 34.0 Å². The zero-order chi connectivity index (χ0) is 10.7. The summed E-state index contributed by atoms with van der Waals surface area (Å²) in [6.07, 6.45) is 0. The molecule has 0 amide bonds. The third kappa shape index (κ3) is 1.16. The second kappa shape index (κ2) is 3.30. The number of aromatic nitrogens is 1. The molecule has 0 unspecified atom stereocenters. The number of hydrogen-bond acceptors (Lipinski definition) is 6. The van der Waals surface area contributed by atoms with Crippen molar-refractivity contribution in [1.29, 1.82) is 15.8 Å². The Hall–Kier alpha value is -2.78. The highest BCUT2D eigenvalue weighted by Gasteiger charge is 2.16. The first-order chi connectivity index (χ1) is 6.65. The number of nitrogens with zero attached hydrogens (tertiary/aromatic N) is 4. The molecule has 4 N–H and O–H groups in total. The maximum Gasteiger partial charge on any atom is 0.145 e. The Balaban J connectivity index is 3.76. The van der Waals surface area contributed by atoms with Gasteiger partial charge in [0, 0.05) is 0 Å². The van der Waals surface area contributed by atoms with Crippen LogP contribution in [0.1, 0.15) is 16.7 Å². The van der Waals surface area contributed by atoms with Gasteiger partial charge in [0.25, 0.3) is 0 Å². The van der Waals surface area contributed by atoms with Crippen LogP contribution >= 0.6 is 0 Å². The molecule has 0 spiro atoms. The molecule has 0 aliphatic rings. The van der Waals surface area contributed by atoms with E-state index in [9.17, 15) is 0 Å². The topological polar surface area (TPSA) is 136 Å². The fourth-order valence-electron chi connectivity index (χ4n) is 0.961. The van der Waals surface area contributed by atoms with Gasteiger partial charge in [-0.3, -0.25) is 0 Å². The van der Waals surface area contributed by atoms with E-state index in [1.54, 1.807) is 18.2 Å². The first-order valence-corrected chi connectivity index (χ1v) is 3.45. The molecule has 0 aromatic carbocycles. The van der Waals surface area contributed by atoms with Gasteiger partial charge in [-0.25, -0.2) is 4.98 Å². The second-order valence-corrected chi connectivity index (χ2v) is 2.34. The van der Waals surface area contributed by atoms with Crippen LogP contribution in [0.5, 0.6) is 0 Å². The van der Waals surface area contributed by atoms with Crippen LogP contribution in [-0.2, 0) is 0 Å². The van der Waals surface area contributed by atoms with Gasteiger partial charge >= 0.3 is 0 Å². The van der Waals surface area contributed by atoms with E-state index in [1.165, 1.54) is 0 Å². The lowest BCUT2D eigenvalue weighted by Gasteiger charge is -2.03. The van der Waals surface area contributed by atoms with E-state index in [-0.39, 0.29) is 28.3 Å². The van der Waals surface area contributed by atoms with Gasteiger partial charge < -0.3 is 11.5 Å². The molecule has 0 aliphatic heterocycles. The molecule has 0 bridgehead atoms. The molecule has 1 rings (SSSR count). The van der Waals surface area contributed by atoms with Crippen LogP contribution in [0.3, 0.4) is 0 Å². The smallest absolute Gasteiger partial charge is 0.145 e. The van der Waals surface area contributed by atoms with Gasteiger partial charge in [0.15, 0.2) is 0 Å². The Morgan fingerprint density at radius 2 is 1.14 bits per heavy atom. The van der Waals surface area contributed by atoms with Gasteiger partial charge in [0.1, 0.15) is 41.0 Å². The summed E-state index contributed by atoms with van der Waals surface area (Å²) >= 11 is 0. The van der Waals surface area contributed by atoms with Crippen molar-refractivity contribution in [1.82, 2.24) is 4.98 Å². The maximum atomic E-state index is 8.72. The highest BCUT2D eigenvalue weighted by molar-refractivity contribution is 5.69. The number of rotatable bonds is 0. The molecule has 0 atom stereocenters. The number of hydrogen-bond donors (Lipinski definition) is 2. The van der Waals surface area contributed by atoms with Gasteiger partial charge in [-0.15, -0.1) is 0 Å². The molecule has 0 aliphatic carbocycles. The van der Waals surface area contributed by atoms with E-state index in [1.807, 2.05) is 0 Å². The quantitative estimate of drug-likeness (QED) is 0.575. The van der Waals surface area contributed by atoms with Crippen molar-refractivity contribution in [2.75, 3.05) is 11.5 Å². The van der Waals surface area contributed by atoms with E-state index in [4.69, 9.17) is 27.3 Å². The second-order valence-electron chi connectivity index (χ2n) is 2.34. The summed E-state index contributed by atoms with van der Waals surface area (Å²) in [5, 5.41) is 26.1. The fraction of sp³-hybridized carbons (Fsp3) is 0. The van der Waals surface area contributed by atoms with Crippen LogP contribution in [-0.4, -0.2) is 4.98 Å². The lowest BCUT2D eigenvalue weighted by Crippen LogP contribution is -2.05. The molecule has 66 valence electrons. The van der Waals surface area contributed by atoms with E-state index in [0.29, 0.717) is 0 Å². The molecule has 0 radical (unpaired) electrons. The van der Waals surface area contributed by atoms with Crippen molar-refractivity contribution in [3.8, 4) is 18.2 Å². The molecule has 1 heterocycles. The molecule has 0 fully saturated rings. The number of nitriles is 3. The van der Waals surface area contributed by atoms with Crippen molar-refractivity contribution < 1.29 is 0 Å². The summed E-state index contributed by atoms with van der Waals surface area (Å²) in [6, 6.07) is 5.10. The Labute approximate surface area is 79.6 Å². The monoisotopic (exact) mass is 184 g/mol. The van der Waals surface area contributed by atoms with Crippen LogP contribution in [0.2, 0.25) is 0 Å². The van der Waals surface area contributed by atoms with E-state index in [0.717, 1.165) is 0 Å². The third-order valence-electron chi connectivity index (χ3n) is 1.59. The standard InChI is InChI=1S/C8H4N6/c9-1-4-5(2-10)7(12)14-8(13)6(4)3-11/h(H4,12,13,14). The summed E-state index contributed by atoms with van der Waals surface area (Å²) in [7, 11) is 0. The lowest BCUT2D eigenvalue weighted by molar-refractivity contribution is 1.27. The number of pyridine rings is 1. The Kier molecular flexibility index (Phi) is 2.20. The summed E-state index contributed by atoms with van der Waals surface area (Å²) in [4.78, 5) is 3.58. The largest absolute Gasteiger partial charge is 0.382 e. The van der Waals surface area contributed by atoms with E-state index in [2.05, 4.69) is 4.98 Å². The number of nitrogen functional groups attached to an aromatic ring is 2. The van der Waals surface area contributed by atoms with Crippen molar-refractivity contribution in [3.05, 3.63) is 16.7 Å². The SMILES string of the molecule is N#Cc1c(N)nc(N)c(C#N)c1C#N. The maximum absolute atomic E-state index is 8.72. The number of nitrogens with two attached hydrogens (primary N) is 2. The van der Waals surface area contributed by atoms with Gasteiger partial charge in [-0.1, -0.05) is 0 Å². The first-order valence-electron chi connectivity index (χ1n) is 3.45. The highest BCUT2D eigenvalue weighted by atomic mass is 14.9. The molecule has 0 saturated heterocycles. The van der Waals surface area contributed by atoms with Gasteiger partial charge in [0.2, 0.25) is 0 Å². The number of anilines is 2. The molecule has 1 aromatic heterocycles. The Morgan fingerprint density at radius 1 is 0.786 bits per heavy atom. The summed E-state index contributed by atoms with van der Waals surface area (Å²) in [5.41, 5.74) is 10.4. The van der Waals surface area contributed by atoms with Crippen molar-refractivity contribution >= 4 is 11.6 Å². The third-order valence-corrected chi connectivity index (χ3v) is 1.59. The minimum absolute atomic E-state index is 0.113. The average Bonchev–Trinajstić information content (AvgIpc) is 2.16. The first kappa shape index (κ1) is 9.31. The van der Waals surface area contributed by atoms with E-state index < -0.39 is 0 Å². The molecule has 14 heavy (non-hydrogen) atoms. The molecular weight excluding hydrogens is 180 g/mol. The molecular formula is C8H4N6. The average molecular weight is 184 g/mol. The van der Waals surface area contributed by atoms with Crippen LogP contribution in [0.4, 0.5) is 11.6 Å². The Morgan fingerprint density at radius 3 is 1.43 bits per heavy atom. The molecule has 6 heteroatoms. The zero-order valence-corrected chi connectivity index (χ0v) is 6.94. The van der Waals surface area contributed by atoms with Crippen molar-refractivity contribution in [2.24, 2.45) is 0 Å². The lowest BCUT2D eigenvalue weighted by atomic mass is 10.1. The van der Waals surface area contributed by atoms with Crippen LogP contribution in [0.15, 0.2) is 0 Å². The molecule has 6 nitrogen and oxygen atoms in total. The summed E-state index contributed by atoms with van der Waals surface area (Å²) in [6.45, 7) is 0. The minimum Gasteiger partial charge on any atom is -0.382 e. The predicted octanol–water partition coefficient (Wildman–Crippen LogP) is -0.139. The molecule has 1 aromatic rings. The predicted molar refractivity (Wildman–Crippen MR) is 47.2 cm³/mol. The van der Waals surface area contributed by atoms with E-state index >= 15 is 0 Å². The summed E-state index contributed by atoms with van der Waals surface area (Å²) < 4.78 is 0. The fourth-order valence-corrected chi connectivity index (χ4v) is 0.961. The Bertz CT molecular complexity index is 472. The normalized spacial score (nSPS) is 8.36. The van der Waals surface area contributed by atoms with Crippen LogP contribution < -0.4 is 11.5 Å². The van der Waals surface area contributed by atoms with Crippen LogP contribution in [0.25, 0.3) is 0 Å². The molecule has 0 saturated carbocycles. The van der Waals surface area contributed by atoms with Crippen molar-refractivity contribution in [2.45, 2.75) is 0 Å². The van der Waals surface area contributed by atoms with Gasteiger partial charge in [-0.05, 0) is 0 Å².